The Morgan fingerprint density at radius 2 is 2.11 bits per heavy atom. The van der Waals surface area contributed by atoms with E-state index in [9.17, 15) is 9.59 Å². The number of hydrogen-bond donors (Lipinski definition) is 2. The molecule has 1 fully saturated rings. The van der Waals surface area contributed by atoms with Gasteiger partial charge in [-0.1, -0.05) is 0 Å². The molecule has 1 aromatic rings. The van der Waals surface area contributed by atoms with E-state index < -0.39 is 5.97 Å². The van der Waals surface area contributed by atoms with Crippen molar-refractivity contribution in [2.75, 3.05) is 25.0 Å². The van der Waals surface area contributed by atoms with Gasteiger partial charge in [0.05, 0.1) is 0 Å². The number of rotatable bonds is 3. The number of carbonyl (C=O) groups is 2. The van der Waals surface area contributed by atoms with Gasteiger partial charge in [0.2, 0.25) is 5.91 Å². The number of carboxylic acid groups (broad SMARTS) is 1. The Hall–Kier alpha value is -2.11. The fourth-order valence-corrected chi connectivity index (χ4v) is 2.34. The topological polar surface area (TPSA) is 82.5 Å². The van der Waals surface area contributed by atoms with Gasteiger partial charge in [-0.2, -0.15) is 0 Å². The Bertz CT molecular complexity index is 482. The highest BCUT2D eigenvalue weighted by atomic mass is 16.4. The van der Waals surface area contributed by atoms with E-state index in [1.165, 1.54) is 6.20 Å². The summed E-state index contributed by atoms with van der Waals surface area (Å²) in [4.78, 5) is 28.3. The van der Waals surface area contributed by atoms with Crippen LogP contribution in [0.15, 0.2) is 18.3 Å². The summed E-state index contributed by atoms with van der Waals surface area (Å²) in [7, 11) is 1.65. The van der Waals surface area contributed by atoms with Gasteiger partial charge < -0.3 is 15.3 Å². The second-order valence-electron chi connectivity index (χ2n) is 4.58. The van der Waals surface area contributed by atoms with Crippen LogP contribution in [0.1, 0.15) is 23.3 Å². The molecule has 0 bridgehead atoms. The van der Waals surface area contributed by atoms with Crippen LogP contribution in [-0.2, 0) is 4.79 Å². The first-order chi connectivity index (χ1) is 9.11. The Morgan fingerprint density at radius 3 is 2.68 bits per heavy atom. The quantitative estimate of drug-likeness (QED) is 0.840. The molecule has 1 aromatic heterocycles. The maximum absolute atomic E-state index is 11.5. The number of aromatic nitrogens is 1. The van der Waals surface area contributed by atoms with E-state index in [0.717, 1.165) is 31.6 Å². The summed E-state index contributed by atoms with van der Waals surface area (Å²) in [5.41, 5.74) is 0.897. The van der Waals surface area contributed by atoms with Crippen LogP contribution in [0.2, 0.25) is 0 Å². The van der Waals surface area contributed by atoms with E-state index in [4.69, 9.17) is 5.11 Å². The minimum absolute atomic E-state index is 0.0472. The third-order valence-electron chi connectivity index (χ3n) is 3.44. The number of piperidine rings is 1. The highest BCUT2D eigenvalue weighted by Crippen LogP contribution is 2.23. The number of aromatic carboxylic acids is 1. The van der Waals surface area contributed by atoms with Crippen LogP contribution in [-0.4, -0.2) is 42.1 Å². The normalized spacial score (nSPS) is 16.2. The zero-order valence-electron chi connectivity index (χ0n) is 10.8. The van der Waals surface area contributed by atoms with E-state index >= 15 is 0 Å². The molecule has 1 aliphatic rings. The van der Waals surface area contributed by atoms with Gasteiger partial charge in [-0.05, 0) is 25.0 Å². The lowest BCUT2D eigenvalue weighted by atomic mass is 9.95. The summed E-state index contributed by atoms with van der Waals surface area (Å²) in [5.74, 6) is -0.885. The van der Waals surface area contributed by atoms with Gasteiger partial charge in [-0.15, -0.1) is 0 Å². The van der Waals surface area contributed by atoms with Gasteiger partial charge in [-0.3, -0.25) is 4.79 Å². The van der Waals surface area contributed by atoms with Crippen LogP contribution in [0.4, 0.5) is 5.69 Å². The molecule has 0 spiro atoms. The maximum atomic E-state index is 11.5. The van der Waals surface area contributed by atoms with E-state index in [0.29, 0.717) is 0 Å². The molecule has 2 rings (SSSR count). The van der Waals surface area contributed by atoms with Crippen LogP contribution in [0, 0.1) is 5.92 Å². The van der Waals surface area contributed by atoms with Gasteiger partial charge in [0.25, 0.3) is 0 Å². The van der Waals surface area contributed by atoms with Crippen molar-refractivity contribution >= 4 is 17.6 Å². The molecule has 2 N–H and O–H groups in total. The zero-order chi connectivity index (χ0) is 13.8. The van der Waals surface area contributed by atoms with Crippen molar-refractivity contribution in [2.24, 2.45) is 5.92 Å². The molecule has 6 heteroatoms. The number of anilines is 1. The zero-order valence-corrected chi connectivity index (χ0v) is 10.8. The molecule has 19 heavy (non-hydrogen) atoms. The first-order valence-corrected chi connectivity index (χ1v) is 6.27. The van der Waals surface area contributed by atoms with E-state index in [-0.39, 0.29) is 17.5 Å². The van der Waals surface area contributed by atoms with Crippen LogP contribution in [0.5, 0.6) is 0 Å². The van der Waals surface area contributed by atoms with Crippen LogP contribution >= 0.6 is 0 Å². The smallest absolute Gasteiger partial charge is 0.354 e. The number of hydrogen-bond acceptors (Lipinski definition) is 4. The lowest BCUT2D eigenvalue weighted by molar-refractivity contribution is -0.125. The van der Waals surface area contributed by atoms with Crippen molar-refractivity contribution in [1.82, 2.24) is 10.3 Å². The Kier molecular flexibility index (Phi) is 3.99. The molecule has 0 aliphatic carbocycles. The van der Waals surface area contributed by atoms with Gasteiger partial charge >= 0.3 is 5.97 Å². The molecule has 0 radical (unpaired) electrons. The summed E-state index contributed by atoms with van der Waals surface area (Å²) in [6, 6.07) is 3.37. The minimum atomic E-state index is -1.03. The first-order valence-electron chi connectivity index (χ1n) is 6.27. The summed E-state index contributed by atoms with van der Waals surface area (Å²) >= 11 is 0. The van der Waals surface area contributed by atoms with Crippen molar-refractivity contribution in [1.29, 1.82) is 0 Å². The molecular formula is C13H17N3O3. The predicted molar refractivity (Wildman–Crippen MR) is 70.2 cm³/mol. The molecule has 2 heterocycles. The standard InChI is InChI=1S/C13H17N3O3/c1-14-12(17)9-3-6-16(7-4-9)10-2-5-15-11(8-10)13(18)19/h2,5,8-9H,3-4,6-7H2,1H3,(H,14,17)(H,18,19). The van der Waals surface area contributed by atoms with Crippen LogP contribution < -0.4 is 10.2 Å². The van der Waals surface area contributed by atoms with Crippen molar-refractivity contribution in [3.8, 4) is 0 Å². The highest BCUT2D eigenvalue weighted by molar-refractivity contribution is 5.86. The average Bonchev–Trinajstić information content (AvgIpc) is 2.46. The Labute approximate surface area is 111 Å². The molecule has 1 saturated heterocycles. The largest absolute Gasteiger partial charge is 0.477 e. The van der Waals surface area contributed by atoms with E-state index in [1.807, 2.05) is 0 Å². The van der Waals surface area contributed by atoms with Gasteiger partial charge in [0.1, 0.15) is 5.69 Å². The fraction of sp³-hybridized carbons (Fsp3) is 0.462. The van der Waals surface area contributed by atoms with Gasteiger partial charge in [0, 0.05) is 37.9 Å². The molecule has 102 valence electrons. The first kappa shape index (κ1) is 13.3. The summed E-state index contributed by atoms with van der Waals surface area (Å²) in [5, 5.41) is 11.6. The maximum Gasteiger partial charge on any atom is 0.354 e. The summed E-state index contributed by atoms with van der Waals surface area (Å²) in [6.07, 6.45) is 3.07. The third kappa shape index (κ3) is 3.01. The predicted octanol–water partition coefficient (Wildman–Crippen LogP) is 0.742. The molecule has 0 aromatic carbocycles. The molecular weight excluding hydrogens is 246 g/mol. The fourth-order valence-electron chi connectivity index (χ4n) is 2.34. The number of nitrogens with zero attached hydrogens (tertiary/aromatic N) is 2. The summed E-state index contributed by atoms with van der Waals surface area (Å²) in [6.45, 7) is 1.50. The summed E-state index contributed by atoms with van der Waals surface area (Å²) < 4.78 is 0. The molecule has 1 amide bonds. The molecule has 0 saturated carbocycles. The third-order valence-corrected chi connectivity index (χ3v) is 3.44. The molecule has 0 unspecified atom stereocenters. The molecule has 0 atom stereocenters. The molecule has 1 aliphatic heterocycles. The Balaban J connectivity index is 2.03. The lowest BCUT2D eigenvalue weighted by Crippen LogP contribution is -2.39. The number of carbonyl (C=O) groups excluding carboxylic acids is 1. The van der Waals surface area contributed by atoms with Crippen LogP contribution in [0.25, 0.3) is 0 Å². The average molecular weight is 263 g/mol. The van der Waals surface area contributed by atoms with E-state index in [2.05, 4.69) is 15.2 Å². The van der Waals surface area contributed by atoms with E-state index in [1.54, 1.807) is 19.2 Å². The van der Waals surface area contributed by atoms with Gasteiger partial charge in [0.15, 0.2) is 0 Å². The number of amides is 1. The van der Waals surface area contributed by atoms with Crippen molar-refractivity contribution in [3.63, 3.8) is 0 Å². The van der Waals surface area contributed by atoms with Crippen LogP contribution in [0.3, 0.4) is 0 Å². The minimum Gasteiger partial charge on any atom is -0.477 e. The number of nitrogens with one attached hydrogen (secondary N) is 1. The van der Waals surface area contributed by atoms with Gasteiger partial charge in [-0.25, -0.2) is 9.78 Å². The second-order valence-corrected chi connectivity index (χ2v) is 4.58. The lowest BCUT2D eigenvalue weighted by Gasteiger charge is -2.32. The number of pyridine rings is 1. The number of carboxylic acids is 1. The molecule has 6 nitrogen and oxygen atoms in total. The van der Waals surface area contributed by atoms with Crippen molar-refractivity contribution in [3.05, 3.63) is 24.0 Å². The monoisotopic (exact) mass is 263 g/mol. The van der Waals surface area contributed by atoms with Crippen molar-refractivity contribution < 1.29 is 14.7 Å². The SMILES string of the molecule is CNC(=O)C1CCN(c2ccnc(C(=O)O)c2)CC1. The Morgan fingerprint density at radius 1 is 1.42 bits per heavy atom. The highest BCUT2D eigenvalue weighted by Gasteiger charge is 2.24. The van der Waals surface area contributed by atoms with Crippen molar-refractivity contribution in [2.45, 2.75) is 12.8 Å². The second kappa shape index (κ2) is 5.69.